The highest BCUT2D eigenvalue weighted by atomic mass is 35.5. The highest BCUT2D eigenvalue weighted by molar-refractivity contribution is 7.16. The van der Waals surface area contributed by atoms with E-state index in [1.165, 1.54) is 16.9 Å². The Kier molecular flexibility index (Phi) is 7.98. The van der Waals surface area contributed by atoms with Crippen molar-refractivity contribution in [3.05, 3.63) is 74.9 Å². The monoisotopic (exact) mass is 511 g/mol. The number of amides is 2. The number of anilines is 2. The number of likely N-dealkylation sites (tertiary alicyclic amines) is 1. The van der Waals surface area contributed by atoms with Crippen LogP contribution in [0, 0.1) is 0 Å². The van der Waals surface area contributed by atoms with Gasteiger partial charge in [0.2, 0.25) is 5.91 Å². The highest BCUT2D eigenvalue weighted by Crippen LogP contribution is 2.32. The van der Waals surface area contributed by atoms with Crippen LogP contribution < -0.4 is 15.0 Å². The van der Waals surface area contributed by atoms with Crippen LogP contribution in [0.3, 0.4) is 0 Å². The van der Waals surface area contributed by atoms with E-state index in [2.05, 4.69) is 17.4 Å². The smallest absolute Gasteiger partial charge is 0.253 e. The van der Waals surface area contributed by atoms with E-state index in [0.717, 1.165) is 34.8 Å². The molecule has 0 aliphatic carbocycles. The largest absolute Gasteiger partial charge is 0.495 e. The van der Waals surface area contributed by atoms with Crippen LogP contribution in [0.4, 0.5) is 11.4 Å². The summed E-state index contributed by atoms with van der Waals surface area (Å²) in [7, 11) is 5.51. The van der Waals surface area contributed by atoms with E-state index in [1.807, 2.05) is 60.3 Å². The Morgan fingerprint density at radius 1 is 1.09 bits per heavy atom. The second kappa shape index (κ2) is 11.1. The number of hydrogen-bond acceptors (Lipinski definition) is 5. The van der Waals surface area contributed by atoms with Crippen molar-refractivity contribution in [3.8, 4) is 5.75 Å². The summed E-state index contributed by atoms with van der Waals surface area (Å²) in [6.07, 6.45) is 2.14. The summed E-state index contributed by atoms with van der Waals surface area (Å²) in [6, 6.07) is 17.3. The first-order chi connectivity index (χ1) is 16.8. The van der Waals surface area contributed by atoms with Crippen molar-refractivity contribution in [1.29, 1.82) is 0 Å². The van der Waals surface area contributed by atoms with E-state index < -0.39 is 0 Å². The van der Waals surface area contributed by atoms with Crippen LogP contribution in [0.5, 0.6) is 5.75 Å². The fourth-order valence-corrected chi connectivity index (χ4v) is 5.51. The van der Waals surface area contributed by atoms with Crippen LogP contribution in [0.1, 0.15) is 39.6 Å². The van der Waals surface area contributed by atoms with Gasteiger partial charge in [-0.25, -0.2) is 0 Å². The maximum atomic E-state index is 13.1. The van der Waals surface area contributed by atoms with Crippen molar-refractivity contribution in [2.24, 2.45) is 0 Å². The van der Waals surface area contributed by atoms with Crippen LogP contribution in [0.2, 0.25) is 4.34 Å². The van der Waals surface area contributed by atoms with E-state index in [-0.39, 0.29) is 11.8 Å². The van der Waals surface area contributed by atoms with Gasteiger partial charge >= 0.3 is 0 Å². The molecule has 0 spiro atoms. The van der Waals surface area contributed by atoms with Gasteiger partial charge in [-0.2, -0.15) is 0 Å². The quantitative estimate of drug-likeness (QED) is 0.443. The molecule has 0 atom stereocenters. The molecule has 0 bridgehead atoms. The van der Waals surface area contributed by atoms with Crippen LogP contribution in [0.15, 0.2) is 54.6 Å². The average Bonchev–Trinajstić information content (AvgIpc) is 3.27. The van der Waals surface area contributed by atoms with Gasteiger partial charge in [0.1, 0.15) is 5.75 Å². The van der Waals surface area contributed by atoms with Gasteiger partial charge in [0.15, 0.2) is 0 Å². The number of nitrogens with one attached hydrogen (secondary N) is 1. The van der Waals surface area contributed by atoms with Gasteiger partial charge in [-0.05, 0) is 66.8 Å². The number of hydrogen-bond donors (Lipinski definition) is 1. The number of methoxy groups -OCH3 is 1. The summed E-state index contributed by atoms with van der Waals surface area (Å²) >= 11 is 7.36. The summed E-state index contributed by atoms with van der Waals surface area (Å²) in [6.45, 7) is 1.43. The van der Waals surface area contributed by atoms with Gasteiger partial charge < -0.3 is 19.9 Å². The molecular weight excluding hydrogens is 482 g/mol. The molecule has 1 fully saturated rings. The van der Waals surface area contributed by atoms with Crippen LogP contribution in [-0.4, -0.2) is 51.0 Å². The highest BCUT2D eigenvalue weighted by Gasteiger charge is 2.25. The van der Waals surface area contributed by atoms with Crippen molar-refractivity contribution in [1.82, 2.24) is 4.90 Å². The van der Waals surface area contributed by atoms with Gasteiger partial charge in [0.05, 0.1) is 23.6 Å². The van der Waals surface area contributed by atoms with E-state index in [9.17, 15) is 9.59 Å². The molecule has 1 N–H and O–H groups in total. The molecule has 1 aliphatic rings. The lowest BCUT2D eigenvalue weighted by molar-refractivity contribution is -0.115. The minimum Gasteiger partial charge on any atom is -0.495 e. The van der Waals surface area contributed by atoms with Crippen molar-refractivity contribution >= 4 is 46.1 Å². The molecule has 2 amide bonds. The summed E-state index contributed by atoms with van der Waals surface area (Å²) < 4.78 is 6.10. The third kappa shape index (κ3) is 6.16. The van der Waals surface area contributed by atoms with Crippen LogP contribution in [-0.2, 0) is 11.2 Å². The molecule has 0 unspecified atom stereocenters. The van der Waals surface area contributed by atoms with Crippen molar-refractivity contribution < 1.29 is 14.3 Å². The molecule has 2 aromatic carbocycles. The Hall–Kier alpha value is -3.03. The zero-order chi connectivity index (χ0) is 24.9. The lowest BCUT2D eigenvalue weighted by Gasteiger charge is -2.32. The Balaban J connectivity index is 1.32. The molecule has 3 aromatic rings. The predicted octanol–water partition coefficient (Wildman–Crippen LogP) is 5.68. The summed E-state index contributed by atoms with van der Waals surface area (Å²) in [4.78, 5) is 30.2. The fourth-order valence-electron chi connectivity index (χ4n) is 4.42. The zero-order valence-corrected chi connectivity index (χ0v) is 21.8. The molecule has 4 rings (SSSR count). The molecular formula is C27H30ClN3O3S. The summed E-state index contributed by atoms with van der Waals surface area (Å²) in [5.41, 5.74) is 3.59. The van der Waals surface area contributed by atoms with E-state index in [0.29, 0.717) is 35.3 Å². The zero-order valence-electron chi connectivity index (χ0n) is 20.2. The van der Waals surface area contributed by atoms with Crippen LogP contribution >= 0.6 is 22.9 Å². The first-order valence-electron chi connectivity index (χ1n) is 11.6. The number of piperidine rings is 1. The molecule has 1 saturated heterocycles. The summed E-state index contributed by atoms with van der Waals surface area (Å²) in [5, 5.41) is 2.95. The predicted molar refractivity (Wildman–Crippen MR) is 143 cm³/mol. The Morgan fingerprint density at radius 2 is 1.80 bits per heavy atom. The minimum absolute atomic E-state index is 0.0549. The minimum atomic E-state index is -0.0564. The van der Waals surface area contributed by atoms with Crippen molar-refractivity contribution in [2.45, 2.75) is 25.2 Å². The van der Waals surface area contributed by atoms with Gasteiger partial charge in [0, 0.05) is 43.3 Å². The average molecular weight is 512 g/mol. The molecule has 8 heteroatoms. The SMILES string of the molecule is COc1ccc(C(=O)N2CCC(c3ccc(NC(=O)Cc4ccc(Cl)s4)cc3)CC2)cc1N(C)C. The molecule has 6 nitrogen and oxygen atoms in total. The Labute approximate surface area is 215 Å². The molecule has 0 saturated carbocycles. The molecule has 1 aromatic heterocycles. The molecule has 2 heterocycles. The van der Waals surface area contributed by atoms with Crippen LogP contribution in [0.25, 0.3) is 0 Å². The number of halogens is 1. The van der Waals surface area contributed by atoms with Crippen molar-refractivity contribution in [2.75, 3.05) is 44.5 Å². The van der Waals surface area contributed by atoms with Gasteiger partial charge in [-0.15, -0.1) is 11.3 Å². The number of carbonyl (C=O) groups is 2. The maximum absolute atomic E-state index is 13.1. The number of carbonyl (C=O) groups excluding carboxylic acids is 2. The second-order valence-corrected chi connectivity index (χ2v) is 10.7. The number of benzene rings is 2. The number of ether oxygens (including phenoxy) is 1. The van der Waals surface area contributed by atoms with E-state index in [4.69, 9.17) is 16.3 Å². The van der Waals surface area contributed by atoms with Crippen molar-refractivity contribution in [3.63, 3.8) is 0 Å². The molecule has 35 heavy (non-hydrogen) atoms. The third-order valence-electron chi connectivity index (χ3n) is 6.32. The lowest BCUT2D eigenvalue weighted by atomic mass is 9.89. The van der Waals surface area contributed by atoms with Gasteiger partial charge in [0.25, 0.3) is 5.91 Å². The Bertz CT molecular complexity index is 1180. The fraction of sp³-hybridized carbons (Fsp3) is 0.333. The molecule has 1 aliphatic heterocycles. The number of thiophene rings is 1. The normalized spacial score (nSPS) is 14.0. The third-order valence-corrected chi connectivity index (χ3v) is 7.55. The molecule has 0 radical (unpaired) electrons. The number of rotatable bonds is 7. The summed E-state index contributed by atoms with van der Waals surface area (Å²) in [5.74, 6) is 1.14. The standard InChI is InChI=1S/C27H30ClN3O3S/c1-30(2)23-16-20(6-10-24(23)34-3)27(33)31-14-12-19(13-15-31)18-4-7-21(8-5-18)29-26(32)17-22-9-11-25(28)35-22/h4-11,16,19H,12-15,17H2,1-3H3,(H,29,32). The first kappa shape index (κ1) is 25.1. The molecule has 184 valence electrons. The second-order valence-electron chi connectivity index (χ2n) is 8.90. The van der Waals surface area contributed by atoms with E-state index in [1.54, 1.807) is 13.2 Å². The van der Waals surface area contributed by atoms with Gasteiger partial charge in [-0.1, -0.05) is 23.7 Å². The Morgan fingerprint density at radius 3 is 2.40 bits per heavy atom. The van der Waals surface area contributed by atoms with Gasteiger partial charge in [-0.3, -0.25) is 9.59 Å². The topological polar surface area (TPSA) is 61.9 Å². The lowest BCUT2D eigenvalue weighted by Crippen LogP contribution is -2.38. The van der Waals surface area contributed by atoms with E-state index >= 15 is 0 Å². The first-order valence-corrected chi connectivity index (χ1v) is 12.8. The maximum Gasteiger partial charge on any atom is 0.253 e. The number of nitrogens with zero attached hydrogens (tertiary/aromatic N) is 2.